The van der Waals surface area contributed by atoms with E-state index in [0.29, 0.717) is 12.1 Å². The van der Waals surface area contributed by atoms with Crippen LogP contribution in [-0.2, 0) is 9.53 Å². The second-order valence-electron chi connectivity index (χ2n) is 4.72. The Labute approximate surface area is 91.1 Å². The summed E-state index contributed by atoms with van der Waals surface area (Å²) in [5.74, 6) is 0.0285. The molecule has 84 valence electrons. The van der Waals surface area contributed by atoms with Crippen molar-refractivity contribution >= 4 is 5.91 Å². The highest BCUT2D eigenvalue weighted by Gasteiger charge is 2.60. The molecule has 2 atom stereocenters. The largest absolute Gasteiger partial charge is 0.381 e. The average molecular weight is 209 g/mol. The van der Waals surface area contributed by atoms with Gasteiger partial charge in [0.2, 0.25) is 5.91 Å². The summed E-state index contributed by atoms with van der Waals surface area (Å²) >= 11 is 0. The summed E-state index contributed by atoms with van der Waals surface area (Å²) in [4.78, 5) is 13.4. The van der Waals surface area contributed by atoms with Crippen molar-refractivity contribution in [2.75, 3.05) is 14.2 Å². The highest BCUT2D eigenvalue weighted by Crippen LogP contribution is 2.58. The monoisotopic (exact) mass is 209 g/mol. The van der Waals surface area contributed by atoms with Crippen molar-refractivity contribution in [3.63, 3.8) is 0 Å². The second kappa shape index (κ2) is 3.63. The number of hydrogen-bond acceptors (Lipinski definition) is 2. The van der Waals surface area contributed by atoms with E-state index >= 15 is 0 Å². The summed E-state index contributed by atoms with van der Waals surface area (Å²) in [6, 6.07) is 0.363. The molecule has 0 aromatic rings. The molecule has 2 aliphatic rings. The molecule has 1 amide bonds. The third-order valence-corrected chi connectivity index (χ3v) is 4.30. The topological polar surface area (TPSA) is 29.5 Å². The zero-order chi connectivity index (χ0) is 11.1. The molecule has 1 spiro atoms. The molecule has 3 heteroatoms. The molecule has 0 bridgehead atoms. The lowest BCUT2D eigenvalue weighted by Crippen LogP contribution is -2.67. The third-order valence-electron chi connectivity index (χ3n) is 4.30. The van der Waals surface area contributed by atoms with Crippen LogP contribution in [0, 0.1) is 5.41 Å². The summed E-state index contributed by atoms with van der Waals surface area (Å²) < 4.78 is 5.47. The Hall–Kier alpha value is -0.830. The molecule has 0 heterocycles. The fourth-order valence-electron chi connectivity index (χ4n) is 3.14. The van der Waals surface area contributed by atoms with Crippen LogP contribution in [0.15, 0.2) is 12.7 Å². The maximum Gasteiger partial charge on any atom is 0.245 e. The van der Waals surface area contributed by atoms with E-state index in [9.17, 15) is 4.79 Å². The standard InChI is InChI=1S/C12H19NO2/c1-4-11(14)13(2)9-8-10(15-3)12(9)6-5-7-12/h4,9-10H,1,5-8H2,2-3H3. The Kier molecular flexibility index (Phi) is 2.59. The number of nitrogens with zero attached hydrogens (tertiary/aromatic N) is 1. The summed E-state index contributed by atoms with van der Waals surface area (Å²) in [6.07, 6.45) is 6.40. The highest BCUT2D eigenvalue weighted by molar-refractivity contribution is 5.87. The first kappa shape index (κ1) is 10.7. The zero-order valence-electron chi connectivity index (χ0n) is 9.53. The van der Waals surface area contributed by atoms with Crippen molar-refractivity contribution in [2.45, 2.75) is 37.8 Å². The number of ether oxygens (including phenoxy) is 1. The van der Waals surface area contributed by atoms with Gasteiger partial charge in [0.15, 0.2) is 0 Å². The molecule has 0 aromatic heterocycles. The predicted molar refractivity (Wildman–Crippen MR) is 58.5 cm³/mol. The van der Waals surface area contributed by atoms with Crippen molar-refractivity contribution in [3.8, 4) is 0 Å². The number of rotatable bonds is 3. The van der Waals surface area contributed by atoms with Gasteiger partial charge in [0.05, 0.1) is 6.10 Å². The number of amides is 1. The normalized spacial score (nSPS) is 31.6. The Morgan fingerprint density at radius 2 is 2.27 bits per heavy atom. The van der Waals surface area contributed by atoms with Gasteiger partial charge < -0.3 is 9.64 Å². The lowest BCUT2D eigenvalue weighted by atomic mass is 9.50. The Morgan fingerprint density at radius 1 is 1.60 bits per heavy atom. The molecule has 0 aliphatic heterocycles. The van der Waals surface area contributed by atoms with E-state index in [1.54, 1.807) is 7.11 Å². The summed E-state index contributed by atoms with van der Waals surface area (Å²) in [5, 5.41) is 0. The molecular weight excluding hydrogens is 190 g/mol. The number of methoxy groups -OCH3 is 1. The van der Waals surface area contributed by atoms with Crippen LogP contribution in [0.4, 0.5) is 0 Å². The van der Waals surface area contributed by atoms with Crippen LogP contribution in [0.3, 0.4) is 0 Å². The predicted octanol–water partition coefficient (Wildman–Crippen LogP) is 1.59. The number of carbonyl (C=O) groups is 1. The fourth-order valence-corrected chi connectivity index (χ4v) is 3.14. The third kappa shape index (κ3) is 1.33. The van der Waals surface area contributed by atoms with Gasteiger partial charge in [0.1, 0.15) is 0 Å². The van der Waals surface area contributed by atoms with Crippen molar-refractivity contribution in [1.82, 2.24) is 4.90 Å². The smallest absolute Gasteiger partial charge is 0.245 e. The van der Waals surface area contributed by atoms with Crippen molar-refractivity contribution in [3.05, 3.63) is 12.7 Å². The minimum Gasteiger partial charge on any atom is -0.381 e. The minimum atomic E-state index is 0.0285. The maximum atomic E-state index is 11.5. The summed E-state index contributed by atoms with van der Waals surface area (Å²) in [5.41, 5.74) is 0.266. The first-order valence-electron chi connectivity index (χ1n) is 5.57. The first-order valence-corrected chi connectivity index (χ1v) is 5.57. The Morgan fingerprint density at radius 3 is 2.67 bits per heavy atom. The molecule has 0 radical (unpaired) electrons. The van der Waals surface area contributed by atoms with Crippen LogP contribution in [-0.4, -0.2) is 37.1 Å². The van der Waals surface area contributed by atoms with Gasteiger partial charge in [-0.15, -0.1) is 0 Å². The van der Waals surface area contributed by atoms with Gasteiger partial charge in [-0.3, -0.25) is 4.79 Å². The SMILES string of the molecule is C=CC(=O)N(C)C1CC(OC)C12CCC2. The molecule has 0 aromatic carbocycles. The highest BCUT2D eigenvalue weighted by atomic mass is 16.5. The molecule has 2 aliphatic carbocycles. The molecule has 15 heavy (non-hydrogen) atoms. The molecule has 2 fully saturated rings. The van der Waals surface area contributed by atoms with E-state index < -0.39 is 0 Å². The van der Waals surface area contributed by atoms with E-state index in [1.807, 2.05) is 11.9 Å². The van der Waals surface area contributed by atoms with Gasteiger partial charge in [-0.05, 0) is 25.3 Å². The van der Waals surface area contributed by atoms with Gasteiger partial charge in [0.25, 0.3) is 0 Å². The zero-order valence-corrected chi connectivity index (χ0v) is 9.53. The van der Waals surface area contributed by atoms with Gasteiger partial charge in [-0.1, -0.05) is 13.0 Å². The van der Waals surface area contributed by atoms with Crippen LogP contribution in [0.1, 0.15) is 25.7 Å². The van der Waals surface area contributed by atoms with E-state index in [1.165, 1.54) is 25.3 Å². The molecule has 0 saturated heterocycles. The number of likely N-dealkylation sites (N-methyl/N-ethyl adjacent to an activating group) is 1. The van der Waals surface area contributed by atoms with Gasteiger partial charge in [-0.25, -0.2) is 0 Å². The Bertz CT molecular complexity index is 283. The minimum absolute atomic E-state index is 0.0285. The van der Waals surface area contributed by atoms with Crippen molar-refractivity contribution in [1.29, 1.82) is 0 Å². The number of carbonyl (C=O) groups excluding carboxylic acids is 1. The molecular formula is C12H19NO2. The van der Waals surface area contributed by atoms with E-state index in [2.05, 4.69) is 6.58 Å². The van der Waals surface area contributed by atoms with Gasteiger partial charge in [0, 0.05) is 25.6 Å². The van der Waals surface area contributed by atoms with Gasteiger partial charge >= 0.3 is 0 Å². The summed E-state index contributed by atoms with van der Waals surface area (Å²) in [6.45, 7) is 3.53. The number of hydrogen-bond donors (Lipinski definition) is 0. The van der Waals surface area contributed by atoms with E-state index in [0.717, 1.165) is 6.42 Å². The van der Waals surface area contributed by atoms with Crippen LogP contribution in [0.5, 0.6) is 0 Å². The van der Waals surface area contributed by atoms with E-state index in [-0.39, 0.29) is 11.3 Å². The fraction of sp³-hybridized carbons (Fsp3) is 0.750. The quantitative estimate of drug-likeness (QED) is 0.661. The average Bonchev–Trinajstić information content (AvgIpc) is 2.13. The Balaban J connectivity index is 2.06. The molecule has 2 saturated carbocycles. The van der Waals surface area contributed by atoms with Gasteiger partial charge in [-0.2, -0.15) is 0 Å². The summed E-state index contributed by atoms with van der Waals surface area (Å²) in [7, 11) is 3.65. The first-order chi connectivity index (χ1) is 7.15. The molecule has 0 N–H and O–H groups in total. The molecule has 2 unspecified atom stereocenters. The molecule has 3 nitrogen and oxygen atoms in total. The lowest BCUT2D eigenvalue weighted by Gasteiger charge is -2.62. The van der Waals surface area contributed by atoms with Crippen molar-refractivity contribution < 1.29 is 9.53 Å². The lowest BCUT2D eigenvalue weighted by molar-refractivity contribution is -0.193. The van der Waals surface area contributed by atoms with Crippen LogP contribution in [0.2, 0.25) is 0 Å². The second-order valence-corrected chi connectivity index (χ2v) is 4.72. The van der Waals surface area contributed by atoms with Crippen LogP contribution >= 0.6 is 0 Å². The molecule has 2 rings (SSSR count). The van der Waals surface area contributed by atoms with Crippen molar-refractivity contribution in [2.24, 2.45) is 5.41 Å². The van der Waals surface area contributed by atoms with Crippen LogP contribution in [0.25, 0.3) is 0 Å². The van der Waals surface area contributed by atoms with E-state index in [4.69, 9.17) is 4.74 Å². The van der Waals surface area contributed by atoms with Crippen LogP contribution < -0.4 is 0 Å². The maximum absolute atomic E-state index is 11.5.